The predicted molar refractivity (Wildman–Crippen MR) is 87.7 cm³/mol. The molecule has 2 rings (SSSR count). The van der Waals surface area contributed by atoms with Gasteiger partial charge in [0.1, 0.15) is 11.6 Å². The maximum atomic E-state index is 12.2. The fourth-order valence-electron chi connectivity index (χ4n) is 2.49. The first-order valence-electron chi connectivity index (χ1n) is 7.64. The van der Waals surface area contributed by atoms with Crippen molar-refractivity contribution in [2.45, 2.75) is 12.8 Å². The number of aliphatic carboxylic acids is 1. The number of benzene rings is 1. The van der Waals surface area contributed by atoms with E-state index in [1.807, 2.05) is 6.07 Å². The molecular formula is C17H17N3O5. The number of hydrogen-bond acceptors (Lipinski definition) is 5. The number of nitrogens with zero attached hydrogens (tertiary/aromatic N) is 2. The molecule has 1 aliphatic rings. The number of carbonyl (C=O) groups is 3. The lowest BCUT2D eigenvalue weighted by molar-refractivity contribution is -0.143. The topological polar surface area (TPSA) is 131 Å². The molecule has 0 unspecified atom stereocenters. The molecule has 1 fully saturated rings. The van der Waals surface area contributed by atoms with E-state index in [2.05, 4.69) is 5.32 Å². The number of nitrogens with one attached hydrogen (secondary N) is 1. The molecule has 0 aromatic heterocycles. The van der Waals surface area contributed by atoms with Crippen molar-refractivity contribution in [1.82, 2.24) is 4.90 Å². The van der Waals surface area contributed by atoms with E-state index in [0.29, 0.717) is 31.6 Å². The smallest absolute Gasteiger partial charge is 0.335 e. The number of rotatable bonds is 5. The van der Waals surface area contributed by atoms with Crippen molar-refractivity contribution in [2.24, 2.45) is 5.92 Å². The molecular weight excluding hydrogens is 326 g/mol. The number of carbonyl (C=O) groups excluding carboxylic acids is 1. The summed E-state index contributed by atoms with van der Waals surface area (Å²) in [7, 11) is 0. The van der Waals surface area contributed by atoms with E-state index >= 15 is 0 Å². The SMILES string of the molecule is N#C/C(=C/N1CCC(C(=O)O)CC1)C(=O)Nc1ccc(C(=O)O)cc1. The lowest BCUT2D eigenvalue weighted by Gasteiger charge is -2.29. The summed E-state index contributed by atoms with van der Waals surface area (Å²) >= 11 is 0. The Balaban J connectivity index is 2.00. The largest absolute Gasteiger partial charge is 0.481 e. The third-order valence-corrected chi connectivity index (χ3v) is 3.95. The number of carboxylic acids is 2. The average molecular weight is 343 g/mol. The summed E-state index contributed by atoms with van der Waals surface area (Å²) in [4.78, 5) is 35.6. The van der Waals surface area contributed by atoms with Gasteiger partial charge >= 0.3 is 11.9 Å². The second-order valence-electron chi connectivity index (χ2n) is 5.64. The molecule has 0 spiro atoms. The molecule has 1 heterocycles. The Morgan fingerprint density at radius 3 is 2.24 bits per heavy atom. The van der Waals surface area contributed by atoms with Crippen LogP contribution in [0.2, 0.25) is 0 Å². The molecule has 130 valence electrons. The number of likely N-dealkylation sites (tertiary alicyclic amines) is 1. The Hall–Kier alpha value is -3.34. The summed E-state index contributed by atoms with van der Waals surface area (Å²) in [6.45, 7) is 0.922. The number of nitriles is 1. The monoisotopic (exact) mass is 343 g/mol. The zero-order valence-corrected chi connectivity index (χ0v) is 13.3. The van der Waals surface area contributed by atoms with Crippen molar-refractivity contribution in [3.8, 4) is 6.07 Å². The van der Waals surface area contributed by atoms with Gasteiger partial charge in [-0.25, -0.2) is 4.79 Å². The second-order valence-corrected chi connectivity index (χ2v) is 5.64. The van der Waals surface area contributed by atoms with E-state index < -0.39 is 23.8 Å². The van der Waals surface area contributed by atoms with Crippen LogP contribution < -0.4 is 5.32 Å². The number of hydrogen-bond donors (Lipinski definition) is 3. The summed E-state index contributed by atoms with van der Waals surface area (Å²) in [5.41, 5.74) is 0.368. The molecule has 0 radical (unpaired) electrons. The number of amides is 1. The minimum absolute atomic E-state index is 0.0929. The van der Waals surface area contributed by atoms with Crippen LogP contribution in [-0.2, 0) is 9.59 Å². The minimum Gasteiger partial charge on any atom is -0.481 e. The average Bonchev–Trinajstić information content (AvgIpc) is 2.60. The molecule has 0 atom stereocenters. The van der Waals surface area contributed by atoms with E-state index in [1.165, 1.54) is 30.5 Å². The van der Waals surface area contributed by atoms with Gasteiger partial charge in [0, 0.05) is 25.0 Å². The van der Waals surface area contributed by atoms with E-state index in [-0.39, 0.29) is 11.1 Å². The first-order valence-corrected chi connectivity index (χ1v) is 7.64. The molecule has 1 saturated heterocycles. The molecule has 25 heavy (non-hydrogen) atoms. The highest BCUT2D eigenvalue weighted by atomic mass is 16.4. The maximum absolute atomic E-state index is 12.2. The third-order valence-electron chi connectivity index (χ3n) is 3.95. The molecule has 0 bridgehead atoms. The van der Waals surface area contributed by atoms with E-state index in [9.17, 15) is 19.6 Å². The van der Waals surface area contributed by atoms with Crippen LogP contribution in [0.15, 0.2) is 36.0 Å². The molecule has 1 aromatic carbocycles. The first kappa shape index (κ1) is 18.0. The van der Waals surface area contributed by atoms with E-state index in [0.717, 1.165) is 0 Å². The van der Waals surface area contributed by atoms with E-state index in [1.54, 1.807) is 4.90 Å². The van der Waals surface area contributed by atoms with Crippen LogP contribution in [0, 0.1) is 17.2 Å². The Kier molecular flexibility index (Phi) is 5.74. The van der Waals surface area contributed by atoms with Crippen molar-refractivity contribution < 1.29 is 24.6 Å². The normalized spacial score (nSPS) is 15.3. The highest BCUT2D eigenvalue weighted by molar-refractivity contribution is 6.06. The van der Waals surface area contributed by atoms with Crippen LogP contribution in [0.25, 0.3) is 0 Å². The van der Waals surface area contributed by atoms with Gasteiger partial charge in [-0.1, -0.05) is 0 Å². The van der Waals surface area contributed by atoms with Gasteiger partial charge in [0.25, 0.3) is 5.91 Å². The van der Waals surface area contributed by atoms with Gasteiger partial charge < -0.3 is 20.4 Å². The minimum atomic E-state index is -1.07. The number of anilines is 1. The van der Waals surface area contributed by atoms with Crippen LogP contribution >= 0.6 is 0 Å². The highest BCUT2D eigenvalue weighted by Gasteiger charge is 2.24. The second kappa shape index (κ2) is 7.97. The van der Waals surface area contributed by atoms with Crippen molar-refractivity contribution >= 4 is 23.5 Å². The van der Waals surface area contributed by atoms with Crippen LogP contribution in [0.1, 0.15) is 23.2 Å². The molecule has 0 aliphatic carbocycles. The van der Waals surface area contributed by atoms with Crippen molar-refractivity contribution in [3.05, 3.63) is 41.6 Å². The van der Waals surface area contributed by atoms with Crippen molar-refractivity contribution in [2.75, 3.05) is 18.4 Å². The van der Waals surface area contributed by atoms with Crippen LogP contribution in [0.5, 0.6) is 0 Å². The van der Waals surface area contributed by atoms with Gasteiger partial charge in [-0.15, -0.1) is 0 Å². The molecule has 3 N–H and O–H groups in total. The van der Waals surface area contributed by atoms with Gasteiger partial charge in [0.15, 0.2) is 0 Å². The van der Waals surface area contributed by atoms with Gasteiger partial charge in [0.05, 0.1) is 11.5 Å². The molecule has 0 saturated carbocycles. The summed E-state index contributed by atoms with van der Waals surface area (Å²) in [5, 5.41) is 29.5. The number of carboxylic acid groups (broad SMARTS) is 2. The quantitative estimate of drug-likeness (QED) is 0.546. The summed E-state index contributed by atoms with van der Waals surface area (Å²) in [6, 6.07) is 7.41. The summed E-state index contributed by atoms with van der Waals surface area (Å²) in [5.74, 6) is -2.89. The Morgan fingerprint density at radius 2 is 1.76 bits per heavy atom. The zero-order chi connectivity index (χ0) is 18.4. The van der Waals surface area contributed by atoms with Crippen molar-refractivity contribution in [3.63, 3.8) is 0 Å². The molecule has 8 nitrogen and oxygen atoms in total. The molecule has 1 amide bonds. The van der Waals surface area contributed by atoms with Crippen LogP contribution in [-0.4, -0.2) is 46.0 Å². The van der Waals surface area contributed by atoms with Gasteiger partial charge in [-0.2, -0.15) is 5.26 Å². The summed E-state index contributed by atoms with van der Waals surface area (Å²) < 4.78 is 0. The molecule has 1 aliphatic heterocycles. The van der Waals surface area contributed by atoms with Gasteiger partial charge in [-0.05, 0) is 37.1 Å². The first-order chi connectivity index (χ1) is 11.9. The Morgan fingerprint density at radius 1 is 1.16 bits per heavy atom. The Labute approximate surface area is 144 Å². The van der Waals surface area contributed by atoms with Gasteiger partial charge in [0.2, 0.25) is 0 Å². The number of piperidine rings is 1. The van der Waals surface area contributed by atoms with Crippen LogP contribution in [0.4, 0.5) is 5.69 Å². The fraction of sp³-hybridized carbons (Fsp3) is 0.294. The maximum Gasteiger partial charge on any atom is 0.335 e. The van der Waals surface area contributed by atoms with Crippen LogP contribution in [0.3, 0.4) is 0 Å². The zero-order valence-electron chi connectivity index (χ0n) is 13.3. The lowest BCUT2D eigenvalue weighted by atomic mass is 9.97. The third kappa shape index (κ3) is 4.81. The Bertz CT molecular complexity index is 741. The molecule has 8 heteroatoms. The predicted octanol–water partition coefficient (Wildman–Crippen LogP) is 1.53. The summed E-state index contributed by atoms with van der Waals surface area (Å²) in [6.07, 6.45) is 2.35. The standard InChI is InChI=1S/C17H17N3O5/c18-9-13(10-20-7-5-12(6-8-20)17(24)25)15(21)19-14-3-1-11(2-4-14)16(22)23/h1-4,10,12H,5-8H2,(H,19,21)(H,22,23)(H,24,25)/b13-10-. The van der Waals surface area contributed by atoms with Crippen molar-refractivity contribution in [1.29, 1.82) is 5.26 Å². The van der Waals surface area contributed by atoms with E-state index in [4.69, 9.17) is 10.2 Å². The number of aromatic carboxylic acids is 1. The lowest BCUT2D eigenvalue weighted by Crippen LogP contribution is -2.33. The molecule has 1 aromatic rings. The highest BCUT2D eigenvalue weighted by Crippen LogP contribution is 2.18. The van der Waals surface area contributed by atoms with Gasteiger partial charge in [-0.3, -0.25) is 9.59 Å². The fourth-order valence-corrected chi connectivity index (χ4v) is 2.49.